The van der Waals surface area contributed by atoms with Gasteiger partial charge in [0.05, 0.1) is 17.9 Å². The lowest BCUT2D eigenvalue weighted by Gasteiger charge is -2.27. The lowest BCUT2D eigenvalue weighted by Crippen LogP contribution is -2.31. The van der Waals surface area contributed by atoms with Crippen LogP contribution in [0.25, 0.3) is 0 Å². The Morgan fingerprint density at radius 3 is 2.63 bits per heavy atom. The molecule has 106 valence electrons. The highest BCUT2D eigenvalue weighted by Gasteiger charge is 2.15. The SMILES string of the molecule is COCCN(CC(C)C)c1ccc(C(=O)O)cc1F. The first-order valence-electron chi connectivity index (χ1n) is 6.22. The number of rotatable bonds is 7. The summed E-state index contributed by atoms with van der Waals surface area (Å²) in [6.07, 6.45) is 0. The third-order valence-corrected chi connectivity index (χ3v) is 2.69. The van der Waals surface area contributed by atoms with Gasteiger partial charge in [-0.3, -0.25) is 0 Å². The van der Waals surface area contributed by atoms with Crippen molar-refractivity contribution < 1.29 is 19.0 Å². The molecule has 1 N–H and O–H groups in total. The quantitative estimate of drug-likeness (QED) is 0.826. The van der Waals surface area contributed by atoms with Crippen molar-refractivity contribution in [3.63, 3.8) is 0 Å². The fourth-order valence-electron chi connectivity index (χ4n) is 1.85. The number of carboxylic acids is 1. The molecule has 0 fully saturated rings. The van der Waals surface area contributed by atoms with Gasteiger partial charge in [0.2, 0.25) is 0 Å². The van der Waals surface area contributed by atoms with Gasteiger partial charge in [-0.25, -0.2) is 9.18 Å². The maximum atomic E-state index is 14.0. The number of carboxylic acid groups (broad SMARTS) is 1. The molecule has 0 radical (unpaired) electrons. The smallest absolute Gasteiger partial charge is 0.335 e. The van der Waals surface area contributed by atoms with Crippen LogP contribution in [0.15, 0.2) is 18.2 Å². The van der Waals surface area contributed by atoms with E-state index < -0.39 is 11.8 Å². The van der Waals surface area contributed by atoms with Gasteiger partial charge in [-0.2, -0.15) is 0 Å². The fourth-order valence-corrected chi connectivity index (χ4v) is 1.85. The number of methoxy groups -OCH3 is 1. The van der Waals surface area contributed by atoms with Crippen molar-refractivity contribution in [1.29, 1.82) is 0 Å². The Kier molecular flexibility index (Phi) is 5.76. The predicted molar refractivity (Wildman–Crippen MR) is 72.3 cm³/mol. The van der Waals surface area contributed by atoms with Gasteiger partial charge in [0.25, 0.3) is 0 Å². The molecule has 0 saturated carbocycles. The summed E-state index contributed by atoms with van der Waals surface area (Å²) in [5.74, 6) is -1.27. The van der Waals surface area contributed by atoms with Gasteiger partial charge in [0.15, 0.2) is 0 Å². The van der Waals surface area contributed by atoms with E-state index in [1.807, 2.05) is 18.7 Å². The van der Waals surface area contributed by atoms with Gasteiger partial charge in [0, 0.05) is 20.2 Å². The number of anilines is 1. The lowest BCUT2D eigenvalue weighted by molar-refractivity contribution is 0.0696. The average Bonchev–Trinajstić information content (AvgIpc) is 2.34. The molecule has 0 aliphatic carbocycles. The molecule has 0 unspecified atom stereocenters. The normalized spacial score (nSPS) is 10.8. The molecule has 1 aromatic rings. The van der Waals surface area contributed by atoms with Crippen LogP contribution in [0.3, 0.4) is 0 Å². The average molecular weight is 269 g/mol. The molecule has 0 spiro atoms. The molecule has 0 heterocycles. The van der Waals surface area contributed by atoms with Crippen molar-refractivity contribution in [2.24, 2.45) is 5.92 Å². The Morgan fingerprint density at radius 1 is 1.47 bits per heavy atom. The number of benzene rings is 1. The number of halogens is 1. The third-order valence-electron chi connectivity index (χ3n) is 2.69. The van der Waals surface area contributed by atoms with Gasteiger partial charge >= 0.3 is 5.97 Å². The van der Waals surface area contributed by atoms with Crippen molar-refractivity contribution >= 4 is 11.7 Å². The minimum Gasteiger partial charge on any atom is -0.478 e. The first-order chi connectivity index (χ1) is 8.95. The van der Waals surface area contributed by atoms with Gasteiger partial charge < -0.3 is 14.7 Å². The van der Waals surface area contributed by atoms with Gasteiger partial charge in [-0.15, -0.1) is 0 Å². The minimum absolute atomic E-state index is 0.0440. The van der Waals surface area contributed by atoms with E-state index in [0.29, 0.717) is 31.3 Å². The molecule has 19 heavy (non-hydrogen) atoms. The van der Waals surface area contributed by atoms with E-state index in [9.17, 15) is 9.18 Å². The van der Waals surface area contributed by atoms with Gasteiger partial charge in [0.1, 0.15) is 5.82 Å². The van der Waals surface area contributed by atoms with Crippen LogP contribution >= 0.6 is 0 Å². The summed E-state index contributed by atoms with van der Waals surface area (Å²) in [6.45, 7) is 5.84. The highest BCUT2D eigenvalue weighted by Crippen LogP contribution is 2.21. The molecule has 0 aromatic heterocycles. The monoisotopic (exact) mass is 269 g/mol. The zero-order valence-corrected chi connectivity index (χ0v) is 11.5. The van der Waals surface area contributed by atoms with E-state index >= 15 is 0 Å². The van der Waals surface area contributed by atoms with Crippen LogP contribution < -0.4 is 4.90 Å². The number of hydrogen-bond acceptors (Lipinski definition) is 3. The van der Waals surface area contributed by atoms with Crippen molar-refractivity contribution in [2.75, 3.05) is 31.7 Å². The standard InChI is InChI=1S/C14H20FNO3/c1-10(2)9-16(6-7-19-3)13-5-4-11(14(17)18)8-12(13)15/h4-5,8,10H,6-7,9H2,1-3H3,(H,17,18). The molecule has 1 rings (SSSR count). The Bertz CT molecular complexity index is 435. The van der Waals surface area contributed by atoms with Crippen molar-refractivity contribution in [1.82, 2.24) is 0 Å². The van der Waals surface area contributed by atoms with E-state index in [4.69, 9.17) is 9.84 Å². The number of nitrogens with zero attached hydrogens (tertiary/aromatic N) is 1. The topological polar surface area (TPSA) is 49.8 Å². The molecular formula is C14H20FNO3. The van der Waals surface area contributed by atoms with Crippen LogP contribution in [0.5, 0.6) is 0 Å². The molecular weight excluding hydrogens is 249 g/mol. The van der Waals surface area contributed by atoms with Crippen LogP contribution in [-0.2, 0) is 4.74 Å². The van der Waals surface area contributed by atoms with Crippen LogP contribution in [-0.4, -0.2) is 37.9 Å². The van der Waals surface area contributed by atoms with E-state index in [2.05, 4.69) is 0 Å². The van der Waals surface area contributed by atoms with E-state index in [1.54, 1.807) is 7.11 Å². The minimum atomic E-state index is -1.13. The van der Waals surface area contributed by atoms with Crippen LogP contribution in [0.4, 0.5) is 10.1 Å². The summed E-state index contributed by atoms with van der Waals surface area (Å²) in [7, 11) is 1.59. The second kappa shape index (κ2) is 7.09. The van der Waals surface area contributed by atoms with E-state index in [0.717, 1.165) is 6.07 Å². The van der Waals surface area contributed by atoms with Crippen LogP contribution in [0, 0.1) is 11.7 Å². The van der Waals surface area contributed by atoms with Gasteiger partial charge in [-0.1, -0.05) is 13.8 Å². The molecule has 5 heteroatoms. The number of ether oxygens (including phenoxy) is 1. The maximum absolute atomic E-state index is 14.0. The zero-order valence-electron chi connectivity index (χ0n) is 11.5. The van der Waals surface area contributed by atoms with Crippen molar-refractivity contribution in [3.05, 3.63) is 29.6 Å². The van der Waals surface area contributed by atoms with Crippen molar-refractivity contribution in [2.45, 2.75) is 13.8 Å². The summed E-state index contributed by atoms with van der Waals surface area (Å²) in [6, 6.07) is 3.98. The fraction of sp³-hybridized carbons (Fsp3) is 0.500. The molecule has 4 nitrogen and oxygen atoms in total. The molecule has 0 saturated heterocycles. The zero-order chi connectivity index (χ0) is 14.4. The second-order valence-corrected chi connectivity index (χ2v) is 4.80. The predicted octanol–water partition coefficient (Wildman–Crippen LogP) is 2.63. The Labute approximate surface area is 112 Å². The first-order valence-corrected chi connectivity index (χ1v) is 6.22. The molecule has 0 atom stereocenters. The van der Waals surface area contributed by atoms with E-state index in [-0.39, 0.29) is 5.56 Å². The Morgan fingerprint density at radius 2 is 2.16 bits per heavy atom. The summed E-state index contributed by atoms with van der Waals surface area (Å²) < 4.78 is 19.0. The van der Waals surface area contributed by atoms with Crippen LogP contribution in [0.1, 0.15) is 24.2 Å². The summed E-state index contributed by atoms with van der Waals surface area (Å²) in [5, 5.41) is 8.83. The molecule has 0 aliphatic rings. The molecule has 1 aromatic carbocycles. The maximum Gasteiger partial charge on any atom is 0.335 e. The summed E-state index contributed by atoms with van der Waals surface area (Å²) >= 11 is 0. The Hall–Kier alpha value is -1.62. The number of carbonyl (C=O) groups is 1. The van der Waals surface area contributed by atoms with Gasteiger partial charge in [-0.05, 0) is 24.1 Å². The molecule has 0 bridgehead atoms. The Balaban J connectivity index is 2.97. The second-order valence-electron chi connectivity index (χ2n) is 4.80. The largest absolute Gasteiger partial charge is 0.478 e. The lowest BCUT2D eigenvalue weighted by atomic mass is 10.1. The molecule has 0 amide bonds. The third kappa shape index (κ3) is 4.52. The van der Waals surface area contributed by atoms with E-state index in [1.165, 1.54) is 12.1 Å². The number of hydrogen-bond donors (Lipinski definition) is 1. The summed E-state index contributed by atoms with van der Waals surface area (Å²) in [4.78, 5) is 12.7. The summed E-state index contributed by atoms with van der Waals surface area (Å²) in [5.41, 5.74) is 0.369. The highest BCUT2D eigenvalue weighted by molar-refractivity contribution is 5.88. The number of aromatic carboxylic acids is 1. The van der Waals surface area contributed by atoms with Crippen molar-refractivity contribution in [3.8, 4) is 0 Å². The molecule has 0 aliphatic heterocycles. The highest BCUT2D eigenvalue weighted by atomic mass is 19.1. The van der Waals surface area contributed by atoms with Crippen LogP contribution in [0.2, 0.25) is 0 Å². The first kappa shape index (κ1) is 15.4.